The minimum atomic E-state index is 0.663. The van der Waals surface area contributed by atoms with Gasteiger partial charge in [0.05, 0.1) is 6.61 Å². The van der Waals surface area contributed by atoms with Gasteiger partial charge in [0.15, 0.2) is 0 Å². The molecule has 3 heteroatoms. The van der Waals surface area contributed by atoms with Crippen molar-refractivity contribution in [2.75, 3.05) is 39.9 Å². The third-order valence-electron chi connectivity index (χ3n) is 2.63. The Balaban J connectivity index is 3.42. The molecule has 0 aromatic rings. The summed E-state index contributed by atoms with van der Waals surface area (Å²) in [7, 11) is 1.75. The molecule has 0 aliphatic rings. The van der Waals surface area contributed by atoms with Gasteiger partial charge in [-0.2, -0.15) is 0 Å². The van der Waals surface area contributed by atoms with Crippen LogP contribution in [-0.4, -0.2) is 44.8 Å². The molecule has 3 nitrogen and oxygen atoms in total. The first-order valence-electron chi connectivity index (χ1n) is 5.65. The predicted molar refractivity (Wildman–Crippen MR) is 61.4 cm³/mol. The summed E-state index contributed by atoms with van der Waals surface area (Å²) in [5, 5.41) is 0. The normalized spacial score (nSPS) is 13.5. The molecule has 0 aromatic heterocycles. The molecule has 0 fully saturated rings. The Morgan fingerprint density at radius 1 is 1.36 bits per heavy atom. The van der Waals surface area contributed by atoms with Crippen LogP contribution in [0.5, 0.6) is 0 Å². The maximum Gasteiger partial charge on any atom is 0.0589 e. The van der Waals surface area contributed by atoms with E-state index in [9.17, 15) is 0 Å². The lowest BCUT2D eigenvalue weighted by Crippen LogP contribution is -2.28. The van der Waals surface area contributed by atoms with E-state index < -0.39 is 0 Å². The molecule has 0 amide bonds. The highest BCUT2D eigenvalue weighted by Gasteiger charge is 2.03. The average molecular weight is 202 g/mol. The molecule has 2 N–H and O–H groups in total. The van der Waals surface area contributed by atoms with Crippen molar-refractivity contribution in [1.29, 1.82) is 0 Å². The topological polar surface area (TPSA) is 38.5 Å². The van der Waals surface area contributed by atoms with Gasteiger partial charge in [-0.15, -0.1) is 0 Å². The van der Waals surface area contributed by atoms with Gasteiger partial charge in [0.2, 0.25) is 0 Å². The smallest absolute Gasteiger partial charge is 0.0589 e. The second kappa shape index (κ2) is 9.44. The van der Waals surface area contributed by atoms with Gasteiger partial charge >= 0.3 is 0 Å². The number of likely N-dealkylation sites (N-methyl/N-ethyl adjacent to an activating group) is 1. The van der Waals surface area contributed by atoms with Crippen LogP contribution in [0.15, 0.2) is 0 Å². The van der Waals surface area contributed by atoms with Gasteiger partial charge in [-0.3, -0.25) is 0 Å². The van der Waals surface area contributed by atoms with Crippen LogP contribution in [0.3, 0.4) is 0 Å². The summed E-state index contributed by atoms with van der Waals surface area (Å²) >= 11 is 0. The maximum atomic E-state index is 5.57. The van der Waals surface area contributed by atoms with Gasteiger partial charge in [0.1, 0.15) is 0 Å². The Morgan fingerprint density at radius 2 is 2.07 bits per heavy atom. The summed E-state index contributed by atoms with van der Waals surface area (Å²) in [6, 6.07) is 0. The van der Waals surface area contributed by atoms with E-state index in [0.717, 1.165) is 26.2 Å². The molecule has 0 aliphatic heterocycles. The molecular weight excluding hydrogens is 176 g/mol. The molecule has 0 heterocycles. The number of ether oxygens (including phenoxy) is 1. The Bertz CT molecular complexity index is 120. The third-order valence-corrected chi connectivity index (χ3v) is 2.63. The quantitative estimate of drug-likeness (QED) is 0.613. The summed E-state index contributed by atoms with van der Waals surface area (Å²) in [4.78, 5) is 2.42. The lowest BCUT2D eigenvalue weighted by atomic mass is 10.1. The number of hydrogen-bond acceptors (Lipinski definition) is 3. The van der Waals surface area contributed by atoms with Crippen molar-refractivity contribution < 1.29 is 4.74 Å². The highest BCUT2D eigenvalue weighted by atomic mass is 16.5. The van der Waals surface area contributed by atoms with Crippen molar-refractivity contribution in [2.24, 2.45) is 11.7 Å². The Kier molecular flexibility index (Phi) is 9.35. The van der Waals surface area contributed by atoms with Crippen LogP contribution in [0.1, 0.15) is 26.7 Å². The second-order valence-corrected chi connectivity index (χ2v) is 3.91. The van der Waals surface area contributed by atoms with Gasteiger partial charge in [-0.05, 0) is 38.4 Å². The number of nitrogens with two attached hydrogens (primary N) is 1. The highest BCUT2D eigenvalue weighted by Crippen LogP contribution is 2.04. The molecule has 0 spiro atoms. The monoisotopic (exact) mass is 202 g/mol. The summed E-state index contributed by atoms with van der Waals surface area (Å²) in [5.74, 6) is 0.663. The lowest BCUT2D eigenvalue weighted by molar-refractivity contribution is 0.149. The van der Waals surface area contributed by atoms with Crippen molar-refractivity contribution in [2.45, 2.75) is 26.7 Å². The fourth-order valence-corrected chi connectivity index (χ4v) is 1.43. The first-order chi connectivity index (χ1) is 6.74. The summed E-state index contributed by atoms with van der Waals surface area (Å²) in [5.41, 5.74) is 5.57. The number of nitrogens with zero attached hydrogens (tertiary/aromatic N) is 1. The molecule has 0 aliphatic carbocycles. The van der Waals surface area contributed by atoms with Gasteiger partial charge in [0, 0.05) is 13.7 Å². The van der Waals surface area contributed by atoms with Crippen LogP contribution < -0.4 is 5.73 Å². The Labute approximate surface area is 88.6 Å². The van der Waals surface area contributed by atoms with Crippen molar-refractivity contribution >= 4 is 0 Å². The third kappa shape index (κ3) is 7.30. The van der Waals surface area contributed by atoms with Gasteiger partial charge < -0.3 is 15.4 Å². The lowest BCUT2D eigenvalue weighted by Gasteiger charge is -2.20. The first kappa shape index (κ1) is 13.9. The molecular formula is C11H26N2O. The molecule has 0 radical (unpaired) electrons. The van der Waals surface area contributed by atoms with Gasteiger partial charge in [-0.1, -0.05) is 13.8 Å². The summed E-state index contributed by atoms with van der Waals surface area (Å²) < 4.78 is 5.06. The predicted octanol–water partition coefficient (Wildman–Crippen LogP) is 1.33. The zero-order valence-electron chi connectivity index (χ0n) is 9.96. The van der Waals surface area contributed by atoms with Crippen molar-refractivity contribution in [3.63, 3.8) is 0 Å². The molecule has 1 atom stereocenters. The van der Waals surface area contributed by atoms with E-state index >= 15 is 0 Å². The van der Waals surface area contributed by atoms with Crippen LogP contribution in [0.4, 0.5) is 0 Å². The zero-order chi connectivity index (χ0) is 10.8. The van der Waals surface area contributed by atoms with Crippen molar-refractivity contribution in [3.05, 3.63) is 0 Å². The summed E-state index contributed by atoms with van der Waals surface area (Å²) in [6.45, 7) is 9.38. The molecule has 0 rings (SSSR count). The van der Waals surface area contributed by atoms with Crippen molar-refractivity contribution in [1.82, 2.24) is 4.90 Å². The molecule has 1 unspecified atom stereocenters. The van der Waals surface area contributed by atoms with Crippen molar-refractivity contribution in [3.8, 4) is 0 Å². The molecule has 0 saturated heterocycles. The standard InChI is InChI=1S/C11H26N2O/c1-4-13(8-9-14-3)7-5-6-11(2)10-12/h11H,4-10,12H2,1-3H3. The largest absolute Gasteiger partial charge is 0.383 e. The van der Waals surface area contributed by atoms with E-state index in [1.54, 1.807) is 7.11 Å². The highest BCUT2D eigenvalue weighted by molar-refractivity contribution is 4.58. The van der Waals surface area contributed by atoms with E-state index in [1.165, 1.54) is 19.4 Å². The Morgan fingerprint density at radius 3 is 2.57 bits per heavy atom. The minimum Gasteiger partial charge on any atom is -0.383 e. The maximum absolute atomic E-state index is 5.57. The van der Waals surface area contributed by atoms with Crippen LogP contribution >= 0.6 is 0 Å². The molecule has 0 saturated carbocycles. The Hall–Kier alpha value is -0.120. The number of hydrogen-bond donors (Lipinski definition) is 1. The number of methoxy groups -OCH3 is 1. The van der Waals surface area contributed by atoms with Crippen LogP contribution in [0, 0.1) is 5.92 Å². The second-order valence-electron chi connectivity index (χ2n) is 3.91. The van der Waals surface area contributed by atoms with E-state index in [4.69, 9.17) is 10.5 Å². The van der Waals surface area contributed by atoms with E-state index in [0.29, 0.717) is 5.92 Å². The fourth-order valence-electron chi connectivity index (χ4n) is 1.43. The van der Waals surface area contributed by atoms with E-state index in [-0.39, 0.29) is 0 Å². The van der Waals surface area contributed by atoms with Crippen LogP contribution in [0.25, 0.3) is 0 Å². The number of rotatable bonds is 9. The molecule has 86 valence electrons. The van der Waals surface area contributed by atoms with Crippen LogP contribution in [-0.2, 0) is 4.74 Å². The van der Waals surface area contributed by atoms with Crippen LogP contribution in [0.2, 0.25) is 0 Å². The zero-order valence-corrected chi connectivity index (χ0v) is 9.96. The average Bonchev–Trinajstić information content (AvgIpc) is 2.22. The minimum absolute atomic E-state index is 0.663. The first-order valence-corrected chi connectivity index (χ1v) is 5.65. The fraction of sp³-hybridized carbons (Fsp3) is 1.00. The molecule has 0 bridgehead atoms. The summed E-state index contributed by atoms with van der Waals surface area (Å²) in [6.07, 6.45) is 2.48. The molecule has 14 heavy (non-hydrogen) atoms. The van der Waals surface area contributed by atoms with Gasteiger partial charge in [-0.25, -0.2) is 0 Å². The molecule has 0 aromatic carbocycles. The SMILES string of the molecule is CCN(CCCC(C)CN)CCOC. The van der Waals surface area contributed by atoms with E-state index in [2.05, 4.69) is 18.7 Å². The van der Waals surface area contributed by atoms with Gasteiger partial charge in [0.25, 0.3) is 0 Å². The van der Waals surface area contributed by atoms with E-state index in [1.807, 2.05) is 0 Å².